The molecule has 4 rings (SSSR count). The molecule has 1 aliphatic heterocycles. The van der Waals surface area contributed by atoms with Crippen LogP contribution in [-0.4, -0.2) is 34.3 Å². The van der Waals surface area contributed by atoms with Crippen LogP contribution in [0, 0.1) is 0 Å². The Kier molecular flexibility index (Phi) is 5.02. The molecule has 0 bridgehead atoms. The lowest BCUT2D eigenvalue weighted by Crippen LogP contribution is -2.37. The number of nitrogens with zero attached hydrogens (tertiary/aromatic N) is 2. The fourth-order valence-corrected chi connectivity index (χ4v) is 4.06. The molecule has 1 amide bonds. The van der Waals surface area contributed by atoms with E-state index in [4.69, 9.17) is 9.26 Å². The molecule has 6 heteroatoms. The number of ether oxygens (including phenoxy) is 1. The van der Waals surface area contributed by atoms with Gasteiger partial charge in [-0.2, -0.15) is 4.98 Å². The van der Waals surface area contributed by atoms with Crippen LogP contribution in [0.2, 0.25) is 0 Å². The van der Waals surface area contributed by atoms with E-state index in [0.717, 1.165) is 24.8 Å². The Bertz CT molecular complexity index is 738. The smallest absolute Gasteiger partial charge is 0.227 e. The van der Waals surface area contributed by atoms with Gasteiger partial charge in [0.1, 0.15) is 0 Å². The van der Waals surface area contributed by atoms with Crippen molar-refractivity contribution in [1.29, 1.82) is 0 Å². The molecule has 2 aromatic rings. The minimum absolute atomic E-state index is 0.0194. The van der Waals surface area contributed by atoms with E-state index in [1.54, 1.807) is 0 Å². The second-order valence-electron chi connectivity index (χ2n) is 7.40. The van der Waals surface area contributed by atoms with Crippen molar-refractivity contribution in [3.05, 3.63) is 36.2 Å². The molecular weight excluding hydrogens is 330 g/mol. The monoisotopic (exact) mass is 355 g/mol. The first-order valence-electron chi connectivity index (χ1n) is 9.54. The normalized spacial score (nSPS) is 21.8. The lowest BCUT2D eigenvalue weighted by molar-refractivity contribution is -0.121. The molecule has 2 aliphatic rings. The van der Waals surface area contributed by atoms with Crippen LogP contribution in [0.25, 0.3) is 11.4 Å². The molecular formula is C20H25N3O3. The lowest BCUT2D eigenvalue weighted by atomic mass is 9.82. The zero-order valence-electron chi connectivity index (χ0n) is 14.9. The number of nitrogens with one attached hydrogen (secondary N) is 1. The Morgan fingerprint density at radius 3 is 2.81 bits per heavy atom. The van der Waals surface area contributed by atoms with E-state index in [0.29, 0.717) is 31.2 Å². The molecule has 1 unspecified atom stereocenters. The fraction of sp³-hybridized carbons (Fsp3) is 0.550. The van der Waals surface area contributed by atoms with E-state index >= 15 is 0 Å². The van der Waals surface area contributed by atoms with Gasteiger partial charge in [-0.1, -0.05) is 54.8 Å². The molecule has 138 valence electrons. The molecule has 1 saturated carbocycles. The van der Waals surface area contributed by atoms with Gasteiger partial charge in [0.2, 0.25) is 17.6 Å². The molecule has 1 aromatic carbocycles. The predicted molar refractivity (Wildman–Crippen MR) is 96.4 cm³/mol. The van der Waals surface area contributed by atoms with E-state index in [1.807, 2.05) is 30.3 Å². The summed E-state index contributed by atoms with van der Waals surface area (Å²) in [5.41, 5.74) is 0.931. The summed E-state index contributed by atoms with van der Waals surface area (Å²) in [4.78, 5) is 16.6. The Morgan fingerprint density at radius 2 is 2.00 bits per heavy atom. The number of hydrogen-bond acceptors (Lipinski definition) is 5. The van der Waals surface area contributed by atoms with Crippen molar-refractivity contribution in [2.45, 2.75) is 63.0 Å². The molecule has 0 radical (unpaired) electrons. The van der Waals surface area contributed by atoms with Gasteiger partial charge in [-0.25, -0.2) is 0 Å². The summed E-state index contributed by atoms with van der Waals surface area (Å²) in [6.07, 6.45) is 7.77. The van der Waals surface area contributed by atoms with Crippen LogP contribution in [0.4, 0.5) is 0 Å². The highest BCUT2D eigenvalue weighted by Gasteiger charge is 2.41. The Balaban J connectivity index is 1.25. The molecule has 2 heterocycles. The van der Waals surface area contributed by atoms with Crippen molar-refractivity contribution in [1.82, 2.24) is 15.5 Å². The standard InChI is InChI=1S/C20H25N3O3/c24-17(21-16-13-20(25-14-16)11-5-2-6-12-20)9-10-18-22-19(23-26-18)15-7-3-1-4-8-15/h1,3-4,7-8,16H,2,5-6,9-14H2,(H,21,24). The number of aryl methyl sites for hydroxylation is 1. The lowest BCUT2D eigenvalue weighted by Gasteiger charge is -2.32. The van der Waals surface area contributed by atoms with Crippen LogP contribution < -0.4 is 5.32 Å². The van der Waals surface area contributed by atoms with Gasteiger partial charge in [0, 0.05) is 18.4 Å². The van der Waals surface area contributed by atoms with Crippen LogP contribution in [0.3, 0.4) is 0 Å². The van der Waals surface area contributed by atoms with Gasteiger partial charge in [-0.3, -0.25) is 4.79 Å². The number of carbonyl (C=O) groups excluding carboxylic acids is 1. The van der Waals surface area contributed by atoms with Gasteiger partial charge in [-0.15, -0.1) is 0 Å². The van der Waals surface area contributed by atoms with Crippen molar-refractivity contribution in [3.8, 4) is 11.4 Å². The maximum Gasteiger partial charge on any atom is 0.227 e. The summed E-state index contributed by atoms with van der Waals surface area (Å²) in [6, 6.07) is 9.80. The van der Waals surface area contributed by atoms with Gasteiger partial charge in [0.15, 0.2) is 0 Å². The van der Waals surface area contributed by atoms with Crippen molar-refractivity contribution in [2.75, 3.05) is 6.61 Å². The summed E-state index contributed by atoms with van der Waals surface area (Å²) < 4.78 is 11.3. The highest BCUT2D eigenvalue weighted by Crippen LogP contribution is 2.39. The van der Waals surface area contributed by atoms with E-state index in [1.165, 1.54) is 19.3 Å². The summed E-state index contributed by atoms with van der Waals surface area (Å²) in [6.45, 7) is 0.629. The highest BCUT2D eigenvalue weighted by molar-refractivity contribution is 5.76. The van der Waals surface area contributed by atoms with Crippen LogP contribution in [-0.2, 0) is 16.0 Å². The minimum atomic E-state index is 0.0194. The summed E-state index contributed by atoms with van der Waals surface area (Å²) in [5, 5.41) is 7.09. The molecule has 26 heavy (non-hydrogen) atoms. The SMILES string of the molecule is O=C(CCc1nc(-c2ccccc2)no1)NC1COC2(CCCCC2)C1. The molecule has 1 saturated heterocycles. The summed E-state index contributed by atoms with van der Waals surface area (Å²) >= 11 is 0. The summed E-state index contributed by atoms with van der Waals surface area (Å²) in [7, 11) is 0. The number of hydrogen-bond donors (Lipinski definition) is 1. The topological polar surface area (TPSA) is 77.2 Å². The second kappa shape index (κ2) is 7.58. The third kappa shape index (κ3) is 3.96. The fourth-order valence-electron chi connectivity index (χ4n) is 4.06. The minimum Gasteiger partial charge on any atom is -0.373 e. The zero-order valence-corrected chi connectivity index (χ0v) is 14.9. The average Bonchev–Trinajstić information content (AvgIpc) is 3.29. The zero-order chi connectivity index (χ0) is 17.8. The van der Waals surface area contributed by atoms with Crippen molar-refractivity contribution in [2.24, 2.45) is 0 Å². The molecule has 1 aliphatic carbocycles. The van der Waals surface area contributed by atoms with E-state index < -0.39 is 0 Å². The van der Waals surface area contributed by atoms with E-state index in [9.17, 15) is 4.79 Å². The van der Waals surface area contributed by atoms with Gasteiger partial charge in [0.05, 0.1) is 18.2 Å². The first kappa shape index (κ1) is 17.2. The number of amides is 1. The number of benzene rings is 1. The van der Waals surface area contributed by atoms with Gasteiger partial charge in [0.25, 0.3) is 0 Å². The van der Waals surface area contributed by atoms with Crippen LogP contribution in [0.5, 0.6) is 0 Å². The molecule has 6 nitrogen and oxygen atoms in total. The quantitative estimate of drug-likeness (QED) is 0.891. The van der Waals surface area contributed by atoms with E-state index in [2.05, 4.69) is 15.5 Å². The average molecular weight is 355 g/mol. The molecule has 2 fully saturated rings. The molecule has 1 spiro atoms. The van der Waals surface area contributed by atoms with Crippen molar-refractivity contribution in [3.63, 3.8) is 0 Å². The molecule has 1 N–H and O–H groups in total. The molecule has 1 aromatic heterocycles. The van der Waals surface area contributed by atoms with Crippen LogP contribution >= 0.6 is 0 Å². The van der Waals surface area contributed by atoms with Gasteiger partial charge >= 0.3 is 0 Å². The second-order valence-corrected chi connectivity index (χ2v) is 7.40. The predicted octanol–water partition coefficient (Wildman–Crippen LogP) is 3.28. The third-order valence-corrected chi connectivity index (χ3v) is 5.41. The Labute approximate surface area is 153 Å². The van der Waals surface area contributed by atoms with Gasteiger partial charge < -0.3 is 14.6 Å². The van der Waals surface area contributed by atoms with E-state index in [-0.39, 0.29) is 17.6 Å². The number of rotatable bonds is 5. The van der Waals surface area contributed by atoms with Crippen molar-refractivity contribution >= 4 is 5.91 Å². The van der Waals surface area contributed by atoms with Crippen LogP contribution in [0.15, 0.2) is 34.9 Å². The Hall–Kier alpha value is -2.21. The summed E-state index contributed by atoms with van der Waals surface area (Å²) in [5.74, 6) is 1.07. The number of aromatic nitrogens is 2. The van der Waals surface area contributed by atoms with Gasteiger partial charge in [-0.05, 0) is 19.3 Å². The third-order valence-electron chi connectivity index (χ3n) is 5.41. The maximum absolute atomic E-state index is 12.3. The first-order chi connectivity index (χ1) is 12.7. The maximum atomic E-state index is 12.3. The first-order valence-corrected chi connectivity index (χ1v) is 9.54. The molecule has 1 atom stereocenters. The van der Waals surface area contributed by atoms with Crippen LogP contribution in [0.1, 0.15) is 50.8 Å². The Morgan fingerprint density at radius 1 is 1.19 bits per heavy atom. The highest BCUT2D eigenvalue weighted by atomic mass is 16.5. The van der Waals surface area contributed by atoms with Crippen molar-refractivity contribution < 1.29 is 14.1 Å². The number of carbonyl (C=O) groups is 1. The largest absolute Gasteiger partial charge is 0.373 e.